The lowest BCUT2D eigenvalue weighted by molar-refractivity contribution is -0.114. The van der Waals surface area contributed by atoms with Gasteiger partial charge in [-0.3, -0.25) is 0 Å². The van der Waals surface area contributed by atoms with E-state index in [2.05, 4.69) is 10.3 Å². The van der Waals surface area contributed by atoms with E-state index in [0.717, 1.165) is 0 Å². The summed E-state index contributed by atoms with van der Waals surface area (Å²) < 4.78 is 30.6. The van der Waals surface area contributed by atoms with Crippen molar-refractivity contribution < 1.29 is 33.6 Å². The fraction of sp³-hybridized carbons (Fsp3) is 0.545. The lowest BCUT2D eigenvalue weighted by Gasteiger charge is -2.34. The van der Waals surface area contributed by atoms with E-state index >= 15 is 0 Å². The van der Waals surface area contributed by atoms with Crippen LogP contribution in [0, 0.1) is 5.82 Å². The molecule has 0 aliphatic carbocycles. The highest BCUT2D eigenvalue weighted by molar-refractivity contribution is 5.83. The minimum Gasteiger partial charge on any atom is -0.481 e. The second kappa shape index (κ2) is 9.33. The van der Waals surface area contributed by atoms with Crippen LogP contribution < -0.4 is 10.1 Å². The minimum atomic E-state index is -1.55. The van der Waals surface area contributed by atoms with Gasteiger partial charge in [0.1, 0.15) is 23.6 Å². The first-order valence-electron chi connectivity index (χ1n) is 10.2. The zero-order valence-electron chi connectivity index (χ0n) is 18.1. The Labute approximate surface area is 180 Å². The van der Waals surface area contributed by atoms with Gasteiger partial charge in [0, 0.05) is 17.0 Å². The maximum absolute atomic E-state index is 14.6. The Hall–Kier alpha value is -2.49. The number of hydrogen-bond donors (Lipinski definition) is 3. The zero-order valence-corrected chi connectivity index (χ0v) is 18.1. The van der Waals surface area contributed by atoms with Gasteiger partial charge in [-0.15, -0.1) is 0 Å². The van der Waals surface area contributed by atoms with Crippen molar-refractivity contribution in [1.29, 1.82) is 0 Å². The van der Waals surface area contributed by atoms with E-state index in [0.29, 0.717) is 18.2 Å². The number of amides is 1. The number of benzene rings is 1. The Bertz CT molecular complexity index is 924. The fourth-order valence-corrected chi connectivity index (χ4v) is 3.57. The number of ether oxygens (including phenoxy) is 3. The van der Waals surface area contributed by atoms with Crippen molar-refractivity contribution in [1.82, 2.24) is 10.3 Å². The molecule has 31 heavy (non-hydrogen) atoms. The third kappa shape index (κ3) is 5.61. The van der Waals surface area contributed by atoms with Crippen LogP contribution in [-0.2, 0) is 9.47 Å². The molecule has 1 aliphatic heterocycles. The van der Waals surface area contributed by atoms with Gasteiger partial charge < -0.3 is 29.7 Å². The van der Waals surface area contributed by atoms with Crippen molar-refractivity contribution in [2.24, 2.45) is 0 Å². The highest BCUT2D eigenvalue weighted by atomic mass is 19.1. The summed E-state index contributed by atoms with van der Waals surface area (Å²) in [5.74, 6) is -0.411. The van der Waals surface area contributed by atoms with Gasteiger partial charge in [-0.25, -0.2) is 14.2 Å². The van der Waals surface area contributed by atoms with Crippen molar-refractivity contribution in [3.8, 4) is 5.88 Å². The predicted octanol–water partition coefficient (Wildman–Crippen LogP) is 2.85. The number of hydrogen-bond acceptors (Lipinski definition) is 7. The van der Waals surface area contributed by atoms with Crippen molar-refractivity contribution >= 4 is 17.0 Å². The van der Waals surface area contributed by atoms with Crippen molar-refractivity contribution in [2.45, 2.75) is 63.6 Å². The molecule has 0 radical (unpaired) electrons. The van der Waals surface area contributed by atoms with E-state index in [1.54, 1.807) is 39.0 Å². The number of nitrogens with one attached hydrogen (secondary N) is 1. The molecule has 9 heteroatoms. The summed E-state index contributed by atoms with van der Waals surface area (Å²) in [6, 6.07) is 5.83. The molecular weight excluding hydrogens is 407 g/mol. The number of aromatic nitrogens is 1. The number of halogens is 1. The summed E-state index contributed by atoms with van der Waals surface area (Å²) in [7, 11) is 1.44. The molecule has 1 aliphatic rings. The van der Waals surface area contributed by atoms with Gasteiger partial charge in [0.05, 0.1) is 31.4 Å². The molecule has 1 aromatic heterocycles. The summed E-state index contributed by atoms with van der Waals surface area (Å²) >= 11 is 0. The molecule has 3 rings (SSSR count). The van der Waals surface area contributed by atoms with E-state index < -0.39 is 35.8 Å². The monoisotopic (exact) mass is 436 g/mol. The molecule has 4 unspecified atom stereocenters. The van der Waals surface area contributed by atoms with Crippen LogP contribution in [-0.4, -0.2) is 58.9 Å². The molecule has 0 spiro atoms. The van der Waals surface area contributed by atoms with Gasteiger partial charge in [-0.05, 0) is 51.8 Å². The molecule has 1 aromatic carbocycles. The number of rotatable bonds is 5. The van der Waals surface area contributed by atoms with Gasteiger partial charge in [0.2, 0.25) is 5.88 Å². The van der Waals surface area contributed by atoms with Crippen LogP contribution in [0.4, 0.5) is 9.18 Å². The lowest BCUT2D eigenvalue weighted by Crippen LogP contribution is -2.48. The average Bonchev–Trinajstić information content (AvgIpc) is 2.71. The molecule has 1 amide bonds. The minimum absolute atomic E-state index is 0.110. The van der Waals surface area contributed by atoms with Gasteiger partial charge >= 0.3 is 6.09 Å². The third-order valence-electron chi connectivity index (χ3n) is 5.06. The van der Waals surface area contributed by atoms with Gasteiger partial charge in [-0.2, -0.15) is 0 Å². The van der Waals surface area contributed by atoms with E-state index in [-0.39, 0.29) is 29.6 Å². The topological polar surface area (TPSA) is 110 Å². The Morgan fingerprint density at radius 2 is 1.97 bits per heavy atom. The molecule has 170 valence electrons. The molecule has 2 aromatic rings. The first-order valence-corrected chi connectivity index (χ1v) is 10.2. The van der Waals surface area contributed by atoms with E-state index in [1.807, 2.05) is 0 Å². The third-order valence-corrected chi connectivity index (χ3v) is 5.06. The molecule has 8 nitrogen and oxygen atoms in total. The summed E-state index contributed by atoms with van der Waals surface area (Å²) in [6.45, 7) is 5.45. The second-order valence-corrected chi connectivity index (χ2v) is 8.61. The molecule has 0 bridgehead atoms. The quantitative estimate of drug-likeness (QED) is 0.661. The number of pyridine rings is 1. The summed E-state index contributed by atoms with van der Waals surface area (Å²) in [5, 5.41) is 24.8. The number of nitrogens with zero attached hydrogens (tertiary/aromatic N) is 1. The summed E-state index contributed by atoms with van der Waals surface area (Å²) in [6.07, 6.45) is -3.33. The van der Waals surface area contributed by atoms with Gasteiger partial charge in [0.25, 0.3) is 0 Å². The molecule has 2 heterocycles. The maximum atomic E-state index is 14.6. The van der Waals surface area contributed by atoms with Gasteiger partial charge in [-0.1, -0.05) is 0 Å². The first-order chi connectivity index (χ1) is 14.6. The highest BCUT2D eigenvalue weighted by Crippen LogP contribution is 2.32. The van der Waals surface area contributed by atoms with Crippen LogP contribution in [0.25, 0.3) is 10.9 Å². The molecule has 0 saturated carbocycles. The predicted molar refractivity (Wildman–Crippen MR) is 111 cm³/mol. The molecule has 4 atom stereocenters. The molecule has 1 fully saturated rings. The SMILES string of the molecule is COc1ccc2ccc(F)c(C(O)C(O)C3CCC(NC(=O)OC(C)(C)C)CO3)c2n1. The smallest absolute Gasteiger partial charge is 0.407 e. The normalized spacial score (nSPS) is 21.4. The number of carbonyl (C=O) groups is 1. The number of aliphatic hydroxyl groups excluding tert-OH is 2. The van der Waals surface area contributed by atoms with Crippen molar-refractivity contribution in [2.75, 3.05) is 13.7 Å². The number of fused-ring (bicyclic) bond motifs is 1. The van der Waals surface area contributed by atoms with Crippen LogP contribution in [0.1, 0.15) is 45.3 Å². The fourth-order valence-electron chi connectivity index (χ4n) is 3.57. The van der Waals surface area contributed by atoms with Crippen LogP contribution in [0.2, 0.25) is 0 Å². The zero-order chi connectivity index (χ0) is 22.8. The van der Waals surface area contributed by atoms with E-state index in [9.17, 15) is 19.4 Å². The number of aliphatic hydroxyl groups is 2. The lowest BCUT2D eigenvalue weighted by atomic mass is 9.93. The molecular formula is C22H29FN2O6. The van der Waals surface area contributed by atoms with Crippen molar-refractivity contribution in [3.63, 3.8) is 0 Å². The summed E-state index contributed by atoms with van der Waals surface area (Å²) in [5.41, 5.74) is -0.505. The molecule has 1 saturated heterocycles. The van der Waals surface area contributed by atoms with Crippen LogP contribution in [0.15, 0.2) is 24.3 Å². The van der Waals surface area contributed by atoms with Crippen LogP contribution in [0.5, 0.6) is 5.88 Å². The standard InChI is InChI=1S/C22H29FN2O6/c1-22(2,3)31-21(28)24-13-7-9-15(30-11-13)19(26)20(27)17-14(23)8-5-12-6-10-16(29-4)25-18(12)17/h5-6,8,10,13,15,19-20,26-27H,7,9,11H2,1-4H3,(H,24,28). The number of carbonyl (C=O) groups excluding carboxylic acids is 1. The second-order valence-electron chi connectivity index (χ2n) is 8.61. The Morgan fingerprint density at radius 1 is 1.26 bits per heavy atom. The van der Waals surface area contributed by atoms with Crippen LogP contribution in [0.3, 0.4) is 0 Å². The largest absolute Gasteiger partial charge is 0.481 e. The number of methoxy groups -OCH3 is 1. The Balaban J connectivity index is 1.68. The van der Waals surface area contributed by atoms with Crippen LogP contribution >= 0.6 is 0 Å². The summed E-state index contributed by atoms with van der Waals surface area (Å²) in [4.78, 5) is 16.2. The van der Waals surface area contributed by atoms with Crippen molar-refractivity contribution in [3.05, 3.63) is 35.6 Å². The maximum Gasteiger partial charge on any atom is 0.407 e. The van der Waals surface area contributed by atoms with Gasteiger partial charge in [0.15, 0.2) is 0 Å². The van der Waals surface area contributed by atoms with E-state index in [4.69, 9.17) is 14.2 Å². The average molecular weight is 436 g/mol. The van der Waals surface area contributed by atoms with E-state index in [1.165, 1.54) is 13.2 Å². The highest BCUT2D eigenvalue weighted by Gasteiger charge is 2.35. The Morgan fingerprint density at radius 3 is 2.58 bits per heavy atom. The first kappa shape index (κ1) is 23.2. The number of alkyl carbamates (subject to hydrolysis) is 1. The Kier molecular flexibility index (Phi) is 6.98. The molecule has 3 N–H and O–H groups in total.